The van der Waals surface area contributed by atoms with Crippen LogP contribution in [0.4, 0.5) is 0 Å². The Hall–Kier alpha value is -1.72. The molecule has 2 bridgehead atoms. The van der Waals surface area contributed by atoms with Crippen LogP contribution in [0.1, 0.15) is 25.3 Å². The van der Waals surface area contributed by atoms with Crippen molar-refractivity contribution in [3.8, 4) is 0 Å². The average Bonchev–Trinajstić information content (AvgIpc) is 2.54. The van der Waals surface area contributed by atoms with Gasteiger partial charge in [0.1, 0.15) is 5.41 Å². The smallest absolute Gasteiger partial charge is 0.320 e. The molecule has 1 saturated heterocycles. The van der Waals surface area contributed by atoms with Crippen LogP contribution in [-0.4, -0.2) is 47.6 Å². The molecule has 1 aliphatic heterocycles. The van der Waals surface area contributed by atoms with Crippen molar-refractivity contribution in [2.75, 3.05) is 20.2 Å². The largest absolute Gasteiger partial charge is 0.468 e. The van der Waals surface area contributed by atoms with Gasteiger partial charge in [-0.3, -0.25) is 14.5 Å². The quantitative estimate of drug-likeness (QED) is 0.674. The molecule has 0 aromatic heterocycles. The molecule has 1 saturated carbocycles. The lowest BCUT2D eigenvalue weighted by Crippen LogP contribution is -2.66. The second-order valence-electron chi connectivity index (χ2n) is 7.00. The van der Waals surface area contributed by atoms with Crippen LogP contribution >= 0.6 is 0 Å². The Morgan fingerprint density at radius 1 is 1.35 bits per heavy atom. The number of piperidine rings is 1. The van der Waals surface area contributed by atoms with Crippen molar-refractivity contribution in [1.82, 2.24) is 4.90 Å². The van der Waals surface area contributed by atoms with Gasteiger partial charge in [-0.05, 0) is 25.3 Å². The Morgan fingerprint density at radius 2 is 2.04 bits per heavy atom. The third-order valence-corrected chi connectivity index (χ3v) is 5.36. The number of methoxy groups -OCH3 is 1. The zero-order chi connectivity index (χ0) is 16.7. The van der Waals surface area contributed by atoms with Crippen LogP contribution in [0.15, 0.2) is 30.3 Å². The molecule has 0 amide bonds. The van der Waals surface area contributed by atoms with Crippen molar-refractivity contribution in [3.05, 3.63) is 35.9 Å². The molecule has 2 fully saturated rings. The van der Waals surface area contributed by atoms with E-state index in [1.165, 1.54) is 7.11 Å². The number of fused-ring (bicyclic) bond motifs is 2. The van der Waals surface area contributed by atoms with Crippen LogP contribution in [0.2, 0.25) is 0 Å². The number of esters is 1. The van der Waals surface area contributed by atoms with Crippen molar-refractivity contribution in [2.24, 2.45) is 11.3 Å². The van der Waals surface area contributed by atoms with Gasteiger partial charge in [0.2, 0.25) is 0 Å². The van der Waals surface area contributed by atoms with Crippen LogP contribution in [0, 0.1) is 11.3 Å². The third kappa shape index (κ3) is 2.68. The number of carbonyl (C=O) groups excluding carboxylic acids is 2. The summed E-state index contributed by atoms with van der Waals surface area (Å²) in [5.41, 5.74) is -1.07. The van der Waals surface area contributed by atoms with Crippen molar-refractivity contribution < 1.29 is 19.4 Å². The summed E-state index contributed by atoms with van der Waals surface area (Å²) in [7, 11) is 1.32. The topological polar surface area (TPSA) is 66.8 Å². The number of hydrogen-bond acceptors (Lipinski definition) is 5. The fraction of sp³-hybridized carbons (Fsp3) is 0.556. The minimum absolute atomic E-state index is 0.162. The van der Waals surface area contributed by atoms with E-state index in [-0.39, 0.29) is 5.78 Å². The van der Waals surface area contributed by atoms with Crippen molar-refractivity contribution in [3.63, 3.8) is 0 Å². The van der Waals surface area contributed by atoms with Gasteiger partial charge in [-0.25, -0.2) is 0 Å². The summed E-state index contributed by atoms with van der Waals surface area (Å²) >= 11 is 0. The zero-order valence-corrected chi connectivity index (χ0v) is 13.6. The third-order valence-electron chi connectivity index (χ3n) is 5.36. The highest BCUT2D eigenvalue weighted by molar-refractivity contribution is 6.06. The highest BCUT2D eigenvalue weighted by Crippen LogP contribution is 2.46. The number of rotatable bonds is 3. The van der Waals surface area contributed by atoms with E-state index in [1.807, 2.05) is 30.3 Å². The van der Waals surface area contributed by atoms with Crippen LogP contribution in [-0.2, 0) is 20.9 Å². The number of carbonyl (C=O) groups is 2. The van der Waals surface area contributed by atoms with Gasteiger partial charge in [-0.2, -0.15) is 0 Å². The molecule has 1 aliphatic carbocycles. The summed E-state index contributed by atoms with van der Waals surface area (Å²) in [4.78, 5) is 27.3. The Labute approximate surface area is 136 Å². The van der Waals surface area contributed by atoms with E-state index in [4.69, 9.17) is 4.74 Å². The van der Waals surface area contributed by atoms with Crippen LogP contribution in [0.5, 0.6) is 0 Å². The van der Waals surface area contributed by atoms with Crippen LogP contribution < -0.4 is 0 Å². The van der Waals surface area contributed by atoms with Gasteiger partial charge < -0.3 is 9.84 Å². The molecule has 2 aliphatic rings. The highest BCUT2D eigenvalue weighted by Gasteiger charge is 2.61. The maximum Gasteiger partial charge on any atom is 0.320 e. The van der Waals surface area contributed by atoms with Crippen molar-refractivity contribution in [1.29, 1.82) is 0 Å². The van der Waals surface area contributed by atoms with E-state index in [0.29, 0.717) is 32.5 Å². The lowest BCUT2D eigenvalue weighted by molar-refractivity contribution is -0.180. The molecule has 1 aromatic carbocycles. The first kappa shape index (κ1) is 16.1. The van der Waals surface area contributed by atoms with E-state index >= 15 is 0 Å². The molecule has 1 heterocycles. The van der Waals surface area contributed by atoms with Gasteiger partial charge in [0, 0.05) is 19.6 Å². The number of benzene rings is 1. The number of aliphatic hydroxyl groups is 1. The zero-order valence-electron chi connectivity index (χ0n) is 13.6. The monoisotopic (exact) mass is 317 g/mol. The molecule has 1 N–H and O–H groups in total. The second kappa shape index (κ2) is 5.73. The van der Waals surface area contributed by atoms with Gasteiger partial charge in [-0.15, -0.1) is 0 Å². The highest BCUT2D eigenvalue weighted by atomic mass is 16.5. The molecule has 124 valence electrons. The number of Topliss-reactive ketones (excluding diaryl/α,β-unsaturated/α-hetero) is 1. The molecule has 23 heavy (non-hydrogen) atoms. The lowest BCUT2D eigenvalue weighted by atomic mass is 9.60. The van der Waals surface area contributed by atoms with Gasteiger partial charge in [0.05, 0.1) is 18.6 Å². The summed E-state index contributed by atoms with van der Waals surface area (Å²) in [5, 5.41) is 10.6. The normalized spacial score (nSPS) is 34.2. The van der Waals surface area contributed by atoms with Crippen molar-refractivity contribution in [2.45, 2.75) is 31.9 Å². The Morgan fingerprint density at radius 3 is 2.70 bits per heavy atom. The minimum Gasteiger partial charge on any atom is -0.468 e. The van der Waals surface area contributed by atoms with Crippen molar-refractivity contribution >= 4 is 11.8 Å². The van der Waals surface area contributed by atoms with E-state index in [0.717, 1.165) is 5.56 Å². The molecule has 3 rings (SSSR count). The number of nitrogens with zero attached hydrogens (tertiary/aromatic N) is 1. The summed E-state index contributed by atoms with van der Waals surface area (Å²) in [6.07, 6.45) is 0.783. The number of likely N-dealkylation sites (tertiary alicyclic amines) is 1. The molecule has 0 unspecified atom stereocenters. The first-order valence-corrected chi connectivity index (χ1v) is 8.00. The number of hydrogen-bond donors (Lipinski definition) is 1. The molecule has 1 aromatic rings. The molecular formula is C18H23NO4. The summed E-state index contributed by atoms with van der Waals surface area (Å²) in [6.45, 7) is 3.18. The Kier molecular flexibility index (Phi) is 4.02. The van der Waals surface area contributed by atoms with Gasteiger partial charge in [0.15, 0.2) is 5.78 Å². The molecule has 3 atom stereocenters. The maximum absolute atomic E-state index is 12.9. The van der Waals surface area contributed by atoms with Gasteiger partial charge in [0.25, 0.3) is 0 Å². The Bertz CT molecular complexity index is 613. The SMILES string of the molecule is COC(=O)[C@@]12CC[C@](C)(O)[C@@H](CN(Cc3ccccc3)C1)C2=O. The lowest BCUT2D eigenvalue weighted by Gasteiger charge is -2.51. The second-order valence-corrected chi connectivity index (χ2v) is 7.00. The minimum atomic E-state index is -1.13. The van der Waals surface area contributed by atoms with E-state index in [1.54, 1.807) is 6.92 Å². The summed E-state index contributed by atoms with van der Waals surface area (Å²) in [5.74, 6) is -1.18. The van der Waals surface area contributed by atoms with E-state index in [2.05, 4.69) is 4.90 Å². The first-order valence-electron chi connectivity index (χ1n) is 8.00. The number of ether oxygens (including phenoxy) is 1. The molecule has 0 radical (unpaired) electrons. The fourth-order valence-electron chi connectivity index (χ4n) is 3.95. The first-order chi connectivity index (χ1) is 10.9. The van der Waals surface area contributed by atoms with Crippen LogP contribution in [0.25, 0.3) is 0 Å². The predicted octanol–water partition coefficient (Wildman–Crippen LogP) is 1.39. The number of ketones is 1. The maximum atomic E-state index is 12.9. The summed E-state index contributed by atoms with van der Waals surface area (Å²) < 4.78 is 4.94. The fourth-order valence-corrected chi connectivity index (χ4v) is 3.95. The average molecular weight is 317 g/mol. The standard InChI is InChI=1S/C18H23NO4/c1-17(22)8-9-18(16(21)23-2)12-19(11-14(17)15(18)20)10-13-6-4-3-5-7-13/h3-7,14,22H,8-12H2,1-2H3/t14-,17-,18-/m0/s1. The Balaban J connectivity index is 1.91. The van der Waals surface area contributed by atoms with E-state index in [9.17, 15) is 14.7 Å². The summed E-state index contributed by atoms with van der Waals surface area (Å²) in [6, 6.07) is 9.94. The predicted molar refractivity (Wildman–Crippen MR) is 84.5 cm³/mol. The van der Waals surface area contributed by atoms with E-state index < -0.39 is 22.9 Å². The van der Waals surface area contributed by atoms with Gasteiger partial charge in [-0.1, -0.05) is 30.3 Å². The molecule has 5 nitrogen and oxygen atoms in total. The van der Waals surface area contributed by atoms with Crippen LogP contribution in [0.3, 0.4) is 0 Å². The molecule has 0 spiro atoms. The molecular weight excluding hydrogens is 294 g/mol. The van der Waals surface area contributed by atoms with Gasteiger partial charge >= 0.3 is 5.97 Å². The molecule has 5 heteroatoms.